The van der Waals surface area contributed by atoms with Gasteiger partial charge in [-0.15, -0.1) is 0 Å². The maximum absolute atomic E-state index is 11.6. The smallest absolute Gasteiger partial charge is 0.411 e. The number of rotatable bonds is 3. The summed E-state index contributed by atoms with van der Waals surface area (Å²) >= 11 is 0. The van der Waals surface area contributed by atoms with Crippen LogP contribution in [0.4, 0.5) is 4.79 Å². The summed E-state index contributed by atoms with van der Waals surface area (Å²) in [7, 11) is 0. The van der Waals surface area contributed by atoms with Crippen LogP contribution >= 0.6 is 0 Å². The molecule has 1 rings (SSSR count). The molecule has 0 unspecified atom stereocenters. The van der Waals surface area contributed by atoms with Gasteiger partial charge < -0.3 is 10.5 Å². The number of alkyl carbamates (subject to hydrolysis) is 1. The molecule has 0 aromatic carbocycles. The molecule has 0 atom stereocenters. The zero-order valence-corrected chi connectivity index (χ0v) is 10.7. The van der Waals surface area contributed by atoms with Crippen molar-refractivity contribution in [3.05, 3.63) is 11.8 Å². The van der Waals surface area contributed by atoms with Crippen LogP contribution in [0.3, 0.4) is 0 Å². The number of amides is 1. The van der Waals surface area contributed by atoms with Gasteiger partial charge in [0.25, 0.3) is 0 Å². The summed E-state index contributed by atoms with van der Waals surface area (Å²) < 4.78 is 5.17. The SMILES string of the molecule is CC(C)(C)OC(=O)N/C(=C\C(=N)N)C1CCC1. The second-order valence-electron chi connectivity index (χ2n) is 5.31. The van der Waals surface area contributed by atoms with E-state index in [-0.39, 0.29) is 5.84 Å². The van der Waals surface area contributed by atoms with Gasteiger partial charge in [-0.1, -0.05) is 6.42 Å². The topological polar surface area (TPSA) is 88.2 Å². The lowest BCUT2D eigenvalue weighted by Gasteiger charge is -2.29. The highest BCUT2D eigenvalue weighted by molar-refractivity contribution is 5.89. The van der Waals surface area contributed by atoms with Gasteiger partial charge in [0, 0.05) is 5.70 Å². The molecule has 5 heteroatoms. The Hall–Kier alpha value is -1.52. The Morgan fingerprint density at radius 2 is 2.06 bits per heavy atom. The summed E-state index contributed by atoms with van der Waals surface area (Å²) in [5, 5.41) is 9.94. The van der Waals surface area contributed by atoms with Gasteiger partial charge in [0.15, 0.2) is 0 Å². The largest absolute Gasteiger partial charge is 0.444 e. The molecule has 0 heterocycles. The highest BCUT2D eigenvalue weighted by atomic mass is 16.6. The molecule has 1 amide bonds. The van der Waals surface area contributed by atoms with Crippen LogP contribution in [0.25, 0.3) is 0 Å². The standard InChI is InChI=1S/C12H21N3O2/c1-12(2,3)17-11(16)15-9(7-10(13)14)8-5-4-6-8/h7-8H,4-6H2,1-3H3,(H3,13,14)(H,15,16)/b9-7-. The van der Waals surface area contributed by atoms with Crippen molar-refractivity contribution in [2.45, 2.75) is 45.6 Å². The molecule has 5 nitrogen and oxygen atoms in total. The minimum Gasteiger partial charge on any atom is -0.444 e. The minimum atomic E-state index is -0.523. The second-order valence-corrected chi connectivity index (χ2v) is 5.31. The maximum atomic E-state index is 11.6. The molecule has 96 valence electrons. The van der Waals surface area contributed by atoms with Crippen LogP contribution in [0.1, 0.15) is 40.0 Å². The second kappa shape index (κ2) is 5.21. The lowest BCUT2D eigenvalue weighted by molar-refractivity contribution is 0.0535. The zero-order valence-electron chi connectivity index (χ0n) is 10.7. The molecule has 1 fully saturated rings. The van der Waals surface area contributed by atoms with Crippen LogP contribution in [-0.4, -0.2) is 17.5 Å². The molecule has 0 aromatic rings. The van der Waals surface area contributed by atoms with Crippen molar-refractivity contribution in [1.29, 1.82) is 5.41 Å². The molecule has 1 aliphatic rings. The van der Waals surface area contributed by atoms with E-state index in [0.29, 0.717) is 11.6 Å². The molecule has 17 heavy (non-hydrogen) atoms. The normalized spacial score (nSPS) is 17.2. The van der Waals surface area contributed by atoms with Gasteiger partial charge in [0.05, 0.1) is 0 Å². The molecule has 1 saturated carbocycles. The van der Waals surface area contributed by atoms with Gasteiger partial charge in [-0.05, 0) is 45.6 Å². The fourth-order valence-corrected chi connectivity index (χ4v) is 1.56. The Bertz CT molecular complexity index is 338. The van der Waals surface area contributed by atoms with E-state index in [1.165, 1.54) is 6.08 Å². The lowest BCUT2D eigenvalue weighted by Crippen LogP contribution is -2.36. The van der Waals surface area contributed by atoms with E-state index in [1.807, 2.05) is 20.8 Å². The monoisotopic (exact) mass is 239 g/mol. The Kier molecular flexibility index (Phi) is 4.15. The van der Waals surface area contributed by atoms with E-state index < -0.39 is 11.7 Å². The van der Waals surface area contributed by atoms with Crippen molar-refractivity contribution < 1.29 is 9.53 Å². The number of carbonyl (C=O) groups excluding carboxylic acids is 1. The third-order valence-corrected chi connectivity index (χ3v) is 2.50. The first-order valence-electron chi connectivity index (χ1n) is 5.83. The average molecular weight is 239 g/mol. The fraction of sp³-hybridized carbons (Fsp3) is 0.667. The molecule has 0 aromatic heterocycles. The summed E-state index contributed by atoms with van der Waals surface area (Å²) in [4.78, 5) is 11.6. The summed E-state index contributed by atoms with van der Waals surface area (Å²) in [5.41, 5.74) is 5.50. The van der Waals surface area contributed by atoms with Gasteiger partial charge >= 0.3 is 6.09 Å². The van der Waals surface area contributed by atoms with Gasteiger partial charge in [-0.3, -0.25) is 10.7 Å². The fourth-order valence-electron chi connectivity index (χ4n) is 1.56. The first-order valence-corrected chi connectivity index (χ1v) is 5.83. The molecule has 0 radical (unpaired) electrons. The molecular weight excluding hydrogens is 218 g/mol. The van der Waals surface area contributed by atoms with E-state index in [2.05, 4.69) is 5.32 Å². The summed E-state index contributed by atoms with van der Waals surface area (Å²) in [6, 6.07) is 0. The van der Waals surface area contributed by atoms with Crippen molar-refractivity contribution in [2.75, 3.05) is 0 Å². The summed E-state index contributed by atoms with van der Waals surface area (Å²) in [6.45, 7) is 5.43. The maximum Gasteiger partial charge on any atom is 0.411 e. The van der Waals surface area contributed by atoms with Crippen molar-refractivity contribution in [3.8, 4) is 0 Å². The number of carbonyl (C=O) groups is 1. The molecule has 0 saturated heterocycles. The van der Waals surface area contributed by atoms with Crippen molar-refractivity contribution in [1.82, 2.24) is 5.32 Å². The van der Waals surface area contributed by atoms with Crippen molar-refractivity contribution >= 4 is 11.9 Å². The van der Waals surface area contributed by atoms with E-state index >= 15 is 0 Å². The van der Waals surface area contributed by atoms with Crippen LogP contribution < -0.4 is 11.1 Å². The first-order chi connectivity index (χ1) is 7.78. The lowest BCUT2D eigenvalue weighted by atomic mass is 9.82. The van der Waals surface area contributed by atoms with E-state index in [4.69, 9.17) is 15.9 Å². The molecule has 4 N–H and O–H groups in total. The third-order valence-electron chi connectivity index (χ3n) is 2.50. The Morgan fingerprint density at radius 3 is 2.41 bits per heavy atom. The summed E-state index contributed by atoms with van der Waals surface area (Å²) in [5.74, 6) is 0.245. The van der Waals surface area contributed by atoms with Crippen molar-refractivity contribution in [2.24, 2.45) is 11.7 Å². The number of amidine groups is 1. The van der Waals surface area contributed by atoms with E-state index in [1.54, 1.807) is 0 Å². The van der Waals surface area contributed by atoms with Gasteiger partial charge in [-0.25, -0.2) is 4.79 Å². The van der Waals surface area contributed by atoms with Gasteiger partial charge in [0.2, 0.25) is 0 Å². The van der Waals surface area contributed by atoms with Gasteiger partial charge in [0.1, 0.15) is 11.4 Å². The van der Waals surface area contributed by atoms with E-state index in [9.17, 15) is 4.79 Å². The van der Waals surface area contributed by atoms with Crippen LogP contribution in [0.15, 0.2) is 11.8 Å². The Labute approximate surface area is 102 Å². The molecule has 1 aliphatic carbocycles. The van der Waals surface area contributed by atoms with E-state index in [0.717, 1.165) is 19.3 Å². The van der Waals surface area contributed by atoms with Gasteiger partial charge in [-0.2, -0.15) is 0 Å². The minimum absolute atomic E-state index is 0.0528. The van der Waals surface area contributed by atoms with Crippen LogP contribution in [0.5, 0.6) is 0 Å². The molecule has 0 spiro atoms. The number of nitrogens with two attached hydrogens (primary N) is 1. The predicted octanol–water partition coefficient (Wildman–Crippen LogP) is 2.13. The summed E-state index contributed by atoms with van der Waals surface area (Å²) in [6.07, 6.45) is 4.20. The number of hydrogen-bond acceptors (Lipinski definition) is 3. The number of allylic oxidation sites excluding steroid dienone is 1. The molecular formula is C12H21N3O2. The Morgan fingerprint density at radius 1 is 1.47 bits per heavy atom. The Balaban J connectivity index is 2.60. The van der Waals surface area contributed by atoms with Crippen LogP contribution in [-0.2, 0) is 4.74 Å². The number of ether oxygens (including phenoxy) is 1. The van der Waals surface area contributed by atoms with Crippen LogP contribution in [0.2, 0.25) is 0 Å². The highest BCUT2D eigenvalue weighted by Crippen LogP contribution is 2.31. The first kappa shape index (κ1) is 13.5. The molecule has 0 bridgehead atoms. The quantitative estimate of drug-likeness (QED) is 0.520. The highest BCUT2D eigenvalue weighted by Gasteiger charge is 2.25. The average Bonchev–Trinajstić information content (AvgIpc) is 1.93. The zero-order chi connectivity index (χ0) is 13.1. The number of hydrogen-bond donors (Lipinski definition) is 3. The van der Waals surface area contributed by atoms with Crippen molar-refractivity contribution in [3.63, 3.8) is 0 Å². The third kappa shape index (κ3) is 4.89. The number of nitrogens with one attached hydrogen (secondary N) is 2. The van der Waals surface area contributed by atoms with Crippen LogP contribution in [0, 0.1) is 11.3 Å². The molecule has 0 aliphatic heterocycles. The predicted molar refractivity (Wildman–Crippen MR) is 66.7 cm³/mol.